The Kier molecular flexibility index (Phi) is 3.62. The lowest BCUT2D eigenvalue weighted by Crippen LogP contribution is -2.02. The van der Waals surface area contributed by atoms with Crippen LogP contribution in [0.5, 0.6) is 0 Å². The fourth-order valence-electron chi connectivity index (χ4n) is 2.25. The molecule has 0 fully saturated rings. The number of hydrogen-bond acceptors (Lipinski definition) is 1. The molecule has 2 nitrogen and oxygen atoms in total. The van der Waals surface area contributed by atoms with Crippen molar-refractivity contribution in [3.05, 3.63) is 41.7 Å². The average molecular weight is 228 g/mol. The molecule has 0 N–H and O–H groups in total. The second-order valence-corrected chi connectivity index (χ2v) is 4.49. The highest BCUT2D eigenvalue weighted by molar-refractivity contribution is 5.68. The predicted molar refractivity (Wildman–Crippen MR) is 72.0 cm³/mol. The van der Waals surface area contributed by atoms with Crippen LogP contribution in [0.15, 0.2) is 30.3 Å². The van der Waals surface area contributed by atoms with E-state index in [-0.39, 0.29) is 0 Å². The molecule has 0 radical (unpaired) electrons. The number of rotatable bonds is 4. The summed E-state index contributed by atoms with van der Waals surface area (Å²) in [6.45, 7) is 7.50. The number of benzene rings is 1. The van der Waals surface area contributed by atoms with E-state index < -0.39 is 0 Å². The first kappa shape index (κ1) is 11.9. The van der Waals surface area contributed by atoms with Crippen molar-refractivity contribution < 1.29 is 0 Å². The molecule has 0 unspecified atom stereocenters. The highest BCUT2D eigenvalue weighted by Gasteiger charge is 2.12. The molecule has 2 heteroatoms. The molecule has 0 saturated heterocycles. The Balaban J connectivity index is 2.38. The standard InChI is InChI=1S/C15H20N2/c1-4-5-11-17-13(3)15(12(2)16-17)14-9-7-6-8-10-14/h6-10H,4-5,11H2,1-3H3. The normalized spacial score (nSPS) is 10.8. The number of hydrogen-bond donors (Lipinski definition) is 0. The monoisotopic (exact) mass is 228 g/mol. The molecule has 0 saturated carbocycles. The van der Waals surface area contributed by atoms with Gasteiger partial charge in [-0.2, -0.15) is 5.10 Å². The molecule has 17 heavy (non-hydrogen) atoms. The first-order chi connectivity index (χ1) is 8.24. The van der Waals surface area contributed by atoms with Crippen molar-refractivity contribution in [2.45, 2.75) is 40.2 Å². The zero-order valence-electron chi connectivity index (χ0n) is 10.9. The second kappa shape index (κ2) is 5.17. The van der Waals surface area contributed by atoms with Gasteiger partial charge >= 0.3 is 0 Å². The minimum atomic E-state index is 1.02. The molecule has 0 aliphatic carbocycles. The zero-order chi connectivity index (χ0) is 12.3. The Hall–Kier alpha value is -1.57. The number of unbranched alkanes of at least 4 members (excludes halogenated alkanes) is 1. The van der Waals surface area contributed by atoms with Crippen molar-refractivity contribution in [1.82, 2.24) is 9.78 Å². The number of nitrogens with zero attached hydrogens (tertiary/aromatic N) is 2. The van der Waals surface area contributed by atoms with Crippen LogP contribution in [0.1, 0.15) is 31.2 Å². The predicted octanol–water partition coefficient (Wildman–Crippen LogP) is 3.97. The fourth-order valence-corrected chi connectivity index (χ4v) is 2.25. The van der Waals surface area contributed by atoms with E-state index in [9.17, 15) is 0 Å². The number of aryl methyl sites for hydroxylation is 2. The molecule has 0 aliphatic heterocycles. The van der Waals surface area contributed by atoms with E-state index in [0.717, 1.165) is 12.2 Å². The third kappa shape index (κ3) is 2.41. The first-order valence-electron chi connectivity index (χ1n) is 6.33. The summed E-state index contributed by atoms with van der Waals surface area (Å²) in [6.07, 6.45) is 2.40. The van der Waals surface area contributed by atoms with Crippen molar-refractivity contribution >= 4 is 0 Å². The summed E-state index contributed by atoms with van der Waals surface area (Å²) in [5.74, 6) is 0. The van der Waals surface area contributed by atoms with Crippen LogP contribution in [0, 0.1) is 13.8 Å². The van der Waals surface area contributed by atoms with Gasteiger partial charge in [0.15, 0.2) is 0 Å². The van der Waals surface area contributed by atoms with Crippen LogP contribution in [0.4, 0.5) is 0 Å². The lowest BCUT2D eigenvalue weighted by molar-refractivity contribution is 0.556. The summed E-state index contributed by atoms with van der Waals surface area (Å²) in [6, 6.07) is 10.5. The SMILES string of the molecule is CCCCn1nc(C)c(-c2ccccc2)c1C. The molecule has 1 heterocycles. The molecular formula is C15H20N2. The third-order valence-electron chi connectivity index (χ3n) is 3.17. The summed E-state index contributed by atoms with van der Waals surface area (Å²) in [5, 5.41) is 4.64. The van der Waals surface area contributed by atoms with Crippen molar-refractivity contribution in [2.24, 2.45) is 0 Å². The van der Waals surface area contributed by atoms with Gasteiger partial charge in [0.25, 0.3) is 0 Å². The van der Waals surface area contributed by atoms with E-state index >= 15 is 0 Å². The quantitative estimate of drug-likeness (QED) is 0.774. The second-order valence-electron chi connectivity index (χ2n) is 4.49. The van der Waals surface area contributed by atoms with Crippen LogP contribution < -0.4 is 0 Å². The largest absolute Gasteiger partial charge is 0.269 e. The van der Waals surface area contributed by atoms with Crippen molar-refractivity contribution in [3.8, 4) is 11.1 Å². The van der Waals surface area contributed by atoms with E-state index in [1.807, 2.05) is 0 Å². The summed E-state index contributed by atoms with van der Waals surface area (Å²) in [4.78, 5) is 0. The Morgan fingerprint density at radius 3 is 2.47 bits per heavy atom. The molecular weight excluding hydrogens is 208 g/mol. The van der Waals surface area contributed by atoms with E-state index in [0.29, 0.717) is 0 Å². The van der Waals surface area contributed by atoms with Crippen LogP contribution in [0.2, 0.25) is 0 Å². The van der Waals surface area contributed by atoms with Crippen LogP contribution in [0.25, 0.3) is 11.1 Å². The van der Waals surface area contributed by atoms with E-state index in [1.165, 1.54) is 29.7 Å². The van der Waals surface area contributed by atoms with E-state index in [1.54, 1.807) is 0 Å². The van der Waals surface area contributed by atoms with E-state index in [4.69, 9.17) is 0 Å². The van der Waals surface area contributed by atoms with Gasteiger partial charge in [0.2, 0.25) is 0 Å². The maximum atomic E-state index is 4.64. The maximum absolute atomic E-state index is 4.64. The Morgan fingerprint density at radius 1 is 1.12 bits per heavy atom. The highest BCUT2D eigenvalue weighted by Crippen LogP contribution is 2.26. The Bertz CT molecular complexity index is 483. The zero-order valence-corrected chi connectivity index (χ0v) is 10.9. The minimum Gasteiger partial charge on any atom is -0.269 e. The maximum Gasteiger partial charge on any atom is 0.0674 e. The third-order valence-corrected chi connectivity index (χ3v) is 3.17. The molecule has 0 aliphatic rings. The number of aromatic nitrogens is 2. The highest BCUT2D eigenvalue weighted by atomic mass is 15.3. The molecule has 90 valence electrons. The summed E-state index contributed by atoms with van der Waals surface area (Å²) in [7, 11) is 0. The first-order valence-corrected chi connectivity index (χ1v) is 6.33. The van der Waals surface area contributed by atoms with Gasteiger partial charge in [0.1, 0.15) is 0 Å². The topological polar surface area (TPSA) is 17.8 Å². The molecule has 1 aromatic heterocycles. The molecule has 0 atom stereocenters. The average Bonchev–Trinajstić information content (AvgIpc) is 2.63. The van der Waals surface area contributed by atoms with Crippen LogP contribution in [-0.2, 0) is 6.54 Å². The lowest BCUT2D eigenvalue weighted by Gasteiger charge is -2.04. The Morgan fingerprint density at radius 2 is 1.82 bits per heavy atom. The van der Waals surface area contributed by atoms with E-state index in [2.05, 4.69) is 60.9 Å². The molecule has 0 spiro atoms. The molecule has 2 aromatic rings. The summed E-state index contributed by atoms with van der Waals surface area (Å²) < 4.78 is 2.14. The van der Waals surface area contributed by atoms with Gasteiger partial charge in [-0.3, -0.25) is 4.68 Å². The Labute approximate surface area is 103 Å². The minimum absolute atomic E-state index is 1.02. The van der Waals surface area contributed by atoms with Crippen molar-refractivity contribution in [2.75, 3.05) is 0 Å². The van der Waals surface area contributed by atoms with Crippen molar-refractivity contribution in [1.29, 1.82) is 0 Å². The molecule has 1 aromatic carbocycles. The summed E-state index contributed by atoms with van der Waals surface area (Å²) in [5.41, 5.74) is 4.97. The van der Waals surface area contributed by atoms with Gasteiger partial charge < -0.3 is 0 Å². The van der Waals surface area contributed by atoms with Gasteiger partial charge in [-0.05, 0) is 25.8 Å². The molecule has 0 bridgehead atoms. The molecule has 0 amide bonds. The van der Waals surface area contributed by atoms with Crippen LogP contribution in [-0.4, -0.2) is 9.78 Å². The fraction of sp³-hybridized carbons (Fsp3) is 0.400. The smallest absolute Gasteiger partial charge is 0.0674 e. The molecule has 2 rings (SSSR count). The lowest BCUT2D eigenvalue weighted by atomic mass is 10.0. The van der Waals surface area contributed by atoms with Crippen LogP contribution >= 0.6 is 0 Å². The van der Waals surface area contributed by atoms with Gasteiger partial charge in [0.05, 0.1) is 5.69 Å². The summed E-state index contributed by atoms with van der Waals surface area (Å²) >= 11 is 0. The van der Waals surface area contributed by atoms with Gasteiger partial charge in [-0.25, -0.2) is 0 Å². The van der Waals surface area contributed by atoms with Crippen LogP contribution in [0.3, 0.4) is 0 Å². The van der Waals surface area contributed by atoms with Gasteiger partial charge in [0, 0.05) is 17.8 Å². The van der Waals surface area contributed by atoms with Gasteiger partial charge in [-0.1, -0.05) is 43.7 Å². The van der Waals surface area contributed by atoms with Gasteiger partial charge in [-0.15, -0.1) is 0 Å². The van der Waals surface area contributed by atoms with Crippen molar-refractivity contribution in [3.63, 3.8) is 0 Å².